The first-order valence-corrected chi connectivity index (χ1v) is 11.5. The third kappa shape index (κ3) is 5.47. The van der Waals surface area contributed by atoms with Crippen molar-refractivity contribution in [2.75, 3.05) is 14.2 Å². The molecule has 25 heavy (non-hydrogen) atoms. The number of ether oxygens (including phenoxy) is 2. The topological polar surface area (TPSA) is 56.8 Å². The summed E-state index contributed by atoms with van der Waals surface area (Å²) in [6.07, 6.45) is -0.324. The zero-order chi connectivity index (χ0) is 19.4. The van der Waals surface area contributed by atoms with Crippen molar-refractivity contribution in [1.29, 1.82) is 0 Å². The molecular formula is C19H33NO4Si. The third-order valence-electron chi connectivity index (χ3n) is 4.86. The average molecular weight is 368 g/mol. The second-order valence-corrected chi connectivity index (χ2v) is 12.7. The molecule has 0 spiro atoms. The molecule has 2 unspecified atom stereocenters. The van der Waals surface area contributed by atoms with E-state index in [0.29, 0.717) is 0 Å². The Hall–Kier alpha value is -1.53. The molecule has 0 bridgehead atoms. The molecular weight excluding hydrogens is 334 g/mol. The quantitative estimate of drug-likeness (QED) is 0.730. The van der Waals surface area contributed by atoms with E-state index in [1.165, 1.54) is 6.92 Å². The number of rotatable bonds is 7. The SMILES string of the molecule is COc1ccc(OC)c(C(O[Si](C)(C)C(C)(C)C)C(C)NC(C)=O)c1. The van der Waals surface area contributed by atoms with E-state index in [2.05, 4.69) is 39.2 Å². The van der Waals surface area contributed by atoms with Gasteiger partial charge in [0.05, 0.1) is 26.4 Å². The maximum atomic E-state index is 11.6. The minimum atomic E-state index is -2.08. The van der Waals surface area contributed by atoms with Crippen LogP contribution in [0.15, 0.2) is 18.2 Å². The van der Waals surface area contributed by atoms with Crippen molar-refractivity contribution in [1.82, 2.24) is 5.32 Å². The minimum absolute atomic E-state index is 0.0489. The highest BCUT2D eigenvalue weighted by atomic mass is 28.4. The molecule has 0 heterocycles. The largest absolute Gasteiger partial charge is 0.497 e. The van der Waals surface area contributed by atoms with Crippen molar-refractivity contribution in [2.45, 2.75) is 64.9 Å². The lowest BCUT2D eigenvalue weighted by Crippen LogP contribution is -2.46. The number of hydrogen-bond acceptors (Lipinski definition) is 4. The monoisotopic (exact) mass is 367 g/mol. The van der Waals surface area contributed by atoms with Gasteiger partial charge in [0, 0.05) is 12.5 Å². The minimum Gasteiger partial charge on any atom is -0.497 e. The van der Waals surface area contributed by atoms with Gasteiger partial charge in [0.1, 0.15) is 11.5 Å². The van der Waals surface area contributed by atoms with Gasteiger partial charge in [-0.1, -0.05) is 20.8 Å². The van der Waals surface area contributed by atoms with Gasteiger partial charge in [-0.15, -0.1) is 0 Å². The highest BCUT2D eigenvalue weighted by Gasteiger charge is 2.41. The second kappa shape index (κ2) is 8.23. The zero-order valence-electron chi connectivity index (χ0n) is 17.0. The maximum Gasteiger partial charge on any atom is 0.217 e. The van der Waals surface area contributed by atoms with Crippen LogP contribution in [0.3, 0.4) is 0 Å². The molecule has 0 aliphatic heterocycles. The highest BCUT2D eigenvalue weighted by molar-refractivity contribution is 6.74. The number of hydrogen-bond donors (Lipinski definition) is 1. The van der Waals surface area contributed by atoms with E-state index in [1.807, 2.05) is 25.1 Å². The molecule has 0 radical (unpaired) electrons. The van der Waals surface area contributed by atoms with Gasteiger partial charge < -0.3 is 19.2 Å². The lowest BCUT2D eigenvalue weighted by molar-refractivity contribution is -0.120. The van der Waals surface area contributed by atoms with Crippen LogP contribution in [0, 0.1) is 0 Å². The molecule has 0 aliphatic rings. The van der Waals surface area contributed by atoms with Gasteiger partial charge in [0.2, 0.25) is 5.91 Å². The molecule has 5 nitrogen and oxygen atoms in total. The Kier molecular flexibility index (Phi) is 7.08. The van der Waals surface area contributed by atoms with Crippen molar-refractivity contribution >= 4 is 14.2 Å². The van der Waals surface area contributed by atoms with E-state index in [-0.39, 0.29) is 23.1 Å². The lowest BCUT2D eigenvalue weighted by Gasteiger charge is -2.41. The Bertz CT molecular complexity index is 596. The fourth-order valence-corrected chi connectivity index (χ4v) is 3.71. The molecule has 1 N–H and O–H groups in total. The van der Waals surface area contributed by atoms with E-state index in [9.17, 15) is 4.79 Å². The molecule has 1 aromatic rings. The van der Waals surface area contributed by atoms with Gasteiger partial charge in [-0.25, -0.2) is 0 Å². The van der Waals surface area contributed by atoms with Crippen molar-refractivity contribution in [3.63, 3.8) is 0 Å². The Labute approximate surface area is 153 Å². The highest BCUT2D eigenvalue weighted by Crippen LogP contribution is 2.42. The molecule has 6 heteroatoms. The fraction of sp³-hybridized carbons (Fsp3) is 0.632. The molecule has 0 fully saturated rings. The van der Waals surface area contributed by atoms with Gasteiger partial charge in [0.25, 0.3) is 0 Å². The van der Waals surface area contributed by atoms with E-state index >= 15 is 0 Å². The standard InChI is InChI=1S/C19H33NO4Si/c1-13(20-14(2)21)18(24-25(8,9)19(3,4)5)16-12-15(22-6)10-11-17(16)23-7/h10-13,18H,1-9H3,(H,20,21). The molecule has 1 rings (SSSR count). The Balaban J connectivity index is 3.39. The van der Waals surface area contributed by atoms with Crippen LogP contribution in [0.5, 0.6) is 11.5 Å². The van der Waals surface area contributed by atoms with Crippen LogP contribution in [0.4, 0.5) is 0 Å². The van der Waals surface area contributed by atoms with Gasteiger partial charge in [-0.05, 0) is 43.3 Å². The first-order chi connectivity index (χ1) is 11.4. The molecule has 2 atom stereocenters. The van der Waals surface area contributed by atoms with Gasteiger partial charge >= 0.3 is 0 Å². The molecule has 0 saturated heterocycles. The fourth-order valence-electron chi connectivity index (χ4n) is 2.39. The van der Waals surface area contributed by atoms with Crippen LogP contribution < -0.4 is 14.8 Å². The summed E-state index contributed by atoms with van der Waals surface area (Å²) in [6.45, 7) is 14.5. The first kappa shape index (κ1) is 21.5. The van der Waals surface area contributed by atoms with E-state index in [0.717, 1.165) is 17.1 Å². The summed E-state index contributed by atoms with van der Waals surface area (Å²) >= 11 is 0. The first-order valence-electron chi connectivity index (χ1n) is 8.59. The van der Waals surface area contributed by atoms with E-state index < -0.39 is 8.32 Å². The van der Waals surface area contributed by atoms with Crippen molar-refractivity contribution < 1.29 is 18.7 Å². The number of amides is 1. The van der Waals surface area contributed by atoms with Crippen molar-refractivity contribution in [2.24, 2.45) is 0 Å². The van der Waals surface area contributed by atoms with Crippen LogP contribution >= 0.6 is 0 Å². The van der Waals surface area contributed by atoms with Gasteiger partial charge in [-0.2, -0.15) is 0 Å². The van der Waals surface area contributed by atoms with Crippen LogP contribution in [0.1, 0.15) is 46.3 Å². The van der Waals surface area contributed by atoms with Crippen LogP contribution in [0.25, 0.3) is 0 Å². The zero-order valence-corrected chi connectivity index (χ0v) is 18.0. The normalized spacial score (nSPS) is 14.6. The van der Waals surface area contributed by atoms with Gasteiger partial charge in [0.15, 0.2) is 8.32 Å². The molecule has 0 aliphatic carbocycles. The number of nitrogens with one attached hydrogen (secondary N) is 1. The molecule has 1 amide bonds. The summed E-state index contributed by atoms with van der Waals surface area (Å²) in [5.41, 5.74) is 0.882. The summed E-state index contributed by atoms with van der Waals surface area (Å²) in [5.74, 6) is 1.37. The van der Waals surface area contributed by atoms with Crippen molar-refractivity contribution in [3.8, 4) is 11.5 Å². The van der Waals surface area contributed by atoms with Crippen LogP contribution in [-0.2, 0) is 9.22 Å². The summed E-state index contributed by atoms with van der Waals surface area (Å²) in [4.78, 5) is 11.6. The summed E-state index contributed by atoms with van der Waals surface area (Å²) in [7, 11) is 1.19. The molecule has 142 valence electrons. The number of carbonyl (C=O) groups excluding carboxylic acids is 1. The van der Waals surface area contributed by atoms with E-state index in [1.54, 1.807) is 14.2 Å². The Morgan fingerprint density at radius 2 is 1.76 bits per heavy atom. The second-order valence-electron chi connectivity index (χ2n) is 7.90. The summed E-state index contributed by atoms with van der Waals surface area (Å²) in [6, 6.07) is 5.45. The number of methoxy groups -OCH3 is 2. The number of benzene rings is 1. The molecule has 0 saturated carbocycles. The van der Waals surface area contributed by atoms with E-state index in [4.69, 9.17) is 13.9 Å². The summed E-state index contributed by atoms with van der Waals surface area (Å²) in [5, 5.41) is 3.01. The average Bonchev–Trinajstić information content (AvgIpc) is 2.50. The number of carbonyl (C=O) groups is 1. The van der Waals surface area contributed by atoms with Crippen molar-refractivity contribution in [3.05, 3.63) is 23.8 Å². The smallest absolute Gasteiger partial charge is 0.217 e. The predicted octanol–water partition coefficient (Wildman–Crippen LogP) is 4.29. The molecule has 0 aromatic heterocycles. The third-order valence-corrected chi connectivity index (χ3v) is 9.31. The Morgan fingerprint density at radius 1 is 1.16 bits per heavy atom. The summed E-state index contributed by atoms with van der Waals surface area (Å²) < 4.78 is 17.6. The Morgan fingerprint density at radius 3 is 2.20 bits per heavy atom. The van der Waals surface area contributed by atoms with Gasteiger partial charge in [-0.3, -0.25) is 4.79 Å². The predicted molar refractivity (Wildman–Crippen MR) is 104 cm³/mol. The lowest BCUT2D eigenvalue weighted by atomic mass is 10.0. The molecule has 1 aromatic carbocycles. The van der Waals surface area contributed by atoms with Crippen LogP contribution in [-0.4, -0.2) is 34.5 Å². The maximum absolute atomic E-state index is 11.6. The van der Waals surface area contributed by atoms with Crippen LogP contribution in [0.2, 0.25) is 18.1 Å².